The highest BCUT2D eigenvalue weighted by atomic mass is 32.2. The first kappa shape index (κ1) is 48.8. The molecule has 0 aliphatic carbocycles. The number of aromatic nitrogens is 1. The van der Waals surface area contributed by atoms with Gasteiger partial charge in [-0.2, -0.15) is 0 Å². The lowest BCUT2D eigenvalue weighted by molar-refractivity contribution is -0.146. The molecular formula is C39H54N10O14S. The third-order valence-corrected chi connectivity index (χ3v) is 13.1. The summed E-state index contributed by atoms with van der Waals surface area (Å²) in [6.07, 6.45) is -3.54. The van der Waals surface area contributed by atoms with Gasteiger partial charge in [-0.3, -0.25) is 47.4 Å². The molecule has 9 amide bonds. The molecule has 4 heterocycles. The number of rotatable bonds is 6. The van der Waals surface area contributed by atoms with Gasteiger partial charge in [0, 0.05) is 43.3 Å². The van der Waals surface area contributed by atoms with Gasteiger partial charge in [-0.25, -0.2) is 0 Å². The summed E-state index contributed by atoms with van der Waals surface area (Å²) in [5, 5.41) is 58.7. The molecule has 1 aromatic carbocycles. The predicted octanol–water partition coefficient (Wildman–Crippen LogP) is -6.06. The molecule has 5 rings (SSSR count). The molecule has 64 heavy (non-hydrogen) atoms. The van der Waals surface area contributed by atoms with E-state index in [0.717, 1.165) is 4.90 Å². The number of carbonyl (C=O) groups excluding carboxylic acids is 9. The summed E-state index contributed by atoms with van der Waals surface area (Å²) < 4.78 is 14.5. The fourth-order valence-electron chi connectivity index (χ4n) is 7.66. The Bertz CT molecular complexity index is 2200. The van der Waals surface area contributed by atoms with E-state index in [1.807, 2.05) is 0 Å². The summed E-state index contributed by atoms with van der Waals surface area (Å²) in [4.78, 5) is 127. The van der Waals surface area contributed by atoms with E-state index >= 15 is 0 Å². The Kier molecular flexibility index (Phi) is 16.0. The number of phenolic OH excluding ortho intramolecular Hbond substituents is 1. The number of H-pyrrole nitrogens is 1. The van der Waals surface area contributed by atoms with Crippen LogP contribution >= 0.6 is 0 Å². The standard InChI is InChI=1S/C39H54N10O14S/c1-4-16(2)30-36(60)43-11-28(54)44-25-15-64(63)38-21(20-6-5-18(51)7-23(20)46-38)9-24(33(57)42-12-29(55)47-30)45-37(61)31(17(3)27(53)14-50)48-35(59)26-8-19(52)13-49(26)39(62)22(32(40)56)10-41-34(25)58/h5-7,16-17,19,22,24-27,30-31,46,50-53H,4,8-15H2,1-3H3,(H2,40,56)(H,41,58)(H,42,57)(H,43,60)(H,44,54)(H,45,61)(H,47,55)(H,48,59). The monoisotopic (exact) mass is 918 g/mol. The van der Waals surface area contributed by atoms with Gasteiger partial charge in [-0.05, 0) is 23.6 Å². The third-order valence-electron chi connectivity index (χ3n) is 11.6. The average Bonchev–Trinajstić information content (AvgIpc) is 3.83. The van der Waals surface area contributed by atoms with Crippen molar-refractivity contribution in [1.29, 1.82) is 0 Å². The Morgan fingerprint density at radius 2 is 1.53 bits per heavy atom. The van der Waals surface area contributed by atoms with Crippen molar-refractivity contribution < 1.29 is 67.8 Å². The minimum absolute atomic E-state index is 0.0888. The van der Waals surface area contributed by atoms with Gasteiger partial charge >= 0.3 is 0 Å². The lowest BCUT2D eigenvalue weighted by Gasteiger charge is -2.32. The Morgan fingerprint density at radius 1 is 0.875 bits per heavy atom. The Labute approximate surface area is 368 Å². The minimum atomic E-state index is -2.35. The van der Waals surface area contributed by atoms with E-state index in [4.69, 9.17) is 5.73 Å². The van der Waals surface area contributed by atoms with Gasteiger partial charge in [-0.15, -0.1) is 0 Å². The highest BCUT2D eigenvalue weighted by molar-refractivity contribution is 7.85. The molecule has 0 spiro atoms. The molecule has 3 aliphatic heterocycles. The molecule has 0 radical (unpaired) electrons. The van der Waals surface area contributed by atoms with E-state index < -0.39 is 176 Å². The van der Waals surface area contributed by atoms with Crippen LogP contribution in [-0.4, -0.2) is 169 Å². The van der Waals surface area contributed by atoms with Gasteiger partial charge in [0.25, 0.3) is 0 Å². The lowest BCUT2D eigenvalue weighted by Crippen LogP contribution is -2.61. The second kappa shape index (κ2) is 21.0. The number of benzene rings is 1. The number of fused-ring (bicyclic) bond motifs is 5. The fraction of sp³-hybridized carbons (Fsp3) is 0.564. The average molecular weight is 919 g/mol. The van der Waals surface area contributed by atoms with Crippen molar-refractivity contribution in [3.05, 3.63) is 23.8 Å². The van der Waals surface area contributed by atoms with Gasteiger partial charge in [0.2, 0.25) is 53.2 Å². The Morgan fingerprint density at radius 3 is 2.19 bits per heavy atom. The summed E-state index contributed by atoms with van der Waals surface area (Å²) >= 11 is 0. The first-order chi connectivity index (χ1) is 30.2. The van der Waals surface area contributed by atoms with Gasteiger partial charge in [0.1, 0.15) is 46.9 Å². The zero-order valence-electron chi connectivity index (χ0n) is 35.2. The van der Waals surface area contributed by atoms with Gasteiger partial charge in [0.05, 0.1) is 54.0 Å². The number of nitrogens with one attached hydrogen (secondary N) is 8. The van der Waals surface area contributed by atoms with Crippen molar-refractivity contribution in [3.63, 3.8) is 0 Å². The Hall–Kier alpha value is -6.18. The van der Waals surface area contributed by atoms with E-state index in [9.17, 15) is 67.8 Å². The number of hydrogen-bond acceptors (Lipinski definition) is 14. The number of hydrogen-bond donors (Lipinski definition) is 13. The fourth-order valence-corrected chi connectivity index (χ4v) is 9.06. The molecule has 25 heteroatoms. The number of amides is 9. The number of aliphatic hydroxyl groups is 3. The van der Waals surface area contributed by atoms with Crippen molar-refractivity contribution in [3.8, 4) is 5.75 Å². The van der Waals surface area contributed by atoms with Crippen LogP contribution in [0, 0.1) is 17.8 Å². The highest BCUT2D eigenvalue weighted by Crippen LogP contribution is 2.30. The number of nitrogens with two attached hydrogens (primary N) is 1. The normalized spacial score (nSPS) is 28.7. The van der Waals surface area contributed by atoms with Crippen LogP contribution in [0.1, 0.15) is 39.2 Å². The molecule has 11 atom stereocenters. The molecular weight excluding hydrogens is 865 g/mol. The number of primary amides is 1. The van der Waals surface area contributed by atoms with Crippen LogP contribution in [0.15, 0.2) is 23.2 Å². The third kappa shape index (κ3) is 11.3. The van der Waals surface area contributed by atoms with Crippen LogP contribution in [0.3, 0.4) is 0 Å². The smallest absolute Gasteiger partial charge is 0.243 e. The molecule has 2 bridgehead atoms. The minimum Gasteiger partial charge on any atom is -0.508 e. The maximum absolute atomic E-state index is 14.5. The number of aromatic amines is 1. The van der Waals surface area contributed by atoms with Crippen LogP contribution in [0.5, 0.6) is 5.75 Å². The van der Waals surface area contributed by atoms with E-state index in [2.05, 4.69) is 42.2 Å². The van der Waals surface area contributed by atoms with Crippen LogP contribution < -0.4 is 43.0 Å². The SMILES string of the molecule is CCC(C)C1NC(=O)CNC(=O)C2Cc3c([nH]c4cc(O)ccc34)S(=O)CC(NC(=O)CNC1=O)C(=O)NCC(C(N)=O)C(=O)N1CC(O)CC1C(=O)NC(C(C)C(O)CO)C(=O)N2. The molecule has 11 unspecified atom stereocenters. The molecule has 1 aromatic heterocycles. The summed E-state index contributed by atoms with van der Waals surface area (Å²) in [5.41, 5.74) is 5.88. The number of aliphatic hydroxyl groups excluding tert-OH is 3. The van der Waals surface area contributed by atoms with Gasteiger partial charge in [-0.1, -0.05) is 27.2 Å². The van der Waals surface area contributed by atoms with Crippen LogP contribution in [-0.2, 0) is 60.4 Å². The molecule has 350 valence electrons. The quantitative estimate of drug-likeness (QED) is 0.120. The summed E-state index contributed by atoms with van der Waals surface area (Å²) in [6, 6.07) is -4.06. The van der Waals surface area contributed by atoms with Crippen LogP contribution in [0.25, 0.3) is 10.9 Å². The molecule has 2 aromatic rings. The van der Waals surface area contributed by atoms with E-state index in [1.165, 1.54) is 25.1 Å². The maximum atomic E-state index is 14.5. The Balaban J connectivity index is 1.71. The lowest BCUT2D eigenvalue weighted by atomic mass is 9.93. The predicted molar refractivity (Wildman–Crippen MR) is 222 cm³/mol. The molecule has 3 aliphatic rings. The molecule has 1 saturated heterocycles. The second-order valence-electron chi connectivity index (χ2n) is 16.1. The summed E-state index contributed by atoms with van der Waals surface area (Å²) in [5.74, 6) is -14.0. The van der Waals surface area contributed by atoms with Gasteiger partial charge in [0.15, 0.2) is 0 Å². The zero-order chi connectivity index (χ0) is 47.2. The van der Waals surface area contributed by atoms with E-state index in [1.54, 1.807) is 13.8 Å². The number of aromatic hydroxyl groups is 1. The number of carbonyl (C=O) groups is 9. The van der Waals surface area contributed by atoms with Gasteiger partial charge < -0.3 is 73.3 Å². The van der Waals surface area contributed by atoms with Crippen LogP contribution in [0.4, 0.5) is 0 Å². The second-order valence-corrected chi connectivity index (χ2v) is 17.6. The molecule has 24 nitrogen and oxygen atoms in total. The molecule has 14 N–H and O–H groups in total. The first-order valence-corrected chi connectivity index (χ1v) is 21.9. The molecule has 0 saturated carbocycles. The van der Waals surface area contributed by atoms with Crippen molar-refractivity contribution in [2.24, 2.45) is 23.5 Å². The molecule has 1 fully saturated rings. The zero-order valence-corrected chi connectivity index (χ0v) is 36.0. The highest BCUT2D eigenvalue weighted by Gasteiger charge is 2.45. The maximum Gasteiger partial charge on any atom is 0.243 e. The number of phenols is 1. The van der Waals surface area contributed by atoms with Crippen LogP contribution in [0.2, 0.25) is 0 Å². The summed E-state index contributed by atoms with van der Waals surface area (Å²) in [7, 11) is -2.35. The van der Waals surface area contributed by atoms with Crippen molar-refractivity contribution in [2.75, 3.05) is 38.5 Å². The van der Waals surface area contributed by atoms with E-state index in [0.29, 0.717) is 6.42 Å². The van der Waals surface area contributed by atoms with Crippen molar-refractivity contribution in [1.82, 2.24) is 47.1 Å². The summed E-state index contributed by atoms with van der Waals surface area (Å²) in [6.45, 7) is 0.967. The van der Waals surface area contributed by atoms with Crippen molar-refractivity contribution in [2.45, 2.75) is 87.5 Å². The topological polar surface area (TPSA) is 381 Å². The largest absolute Gasteiger partial charge is 0.508 e. The van der Waals surface area contributed by atoms with Crippen molar-refractivity contribution >= 4 is 74.9 Å². The number of nitrogens with zero attached hydrogens (tertiary/aromatic N) is 1. The van der Waals surface area contributed by atoms with E-state index in [-0.39, 0.29) is 27.2 Å². The first-order valence-electron chi connectivity index (χ1n) is 20.6.